The van der Waals surface area contributed by atoms with E-state index in [0.29, 0.717) is 18.6 Å². The number of nitrogens with one attached hydrogen (secondary N) is 2. The molecule has 1 heterocycles. The number of piperazine rings is 1. The van der Waals surface area contributed by atoms with Gasteiger partial charge in [-0.1, -0.05) is 19.3 Å². The van der Waals surface area contributed by atoms with Crippen LogP contribution >= 0.6 is 0 Å². The summed E-state index contributed by atoms with van der Waals surface area (Å²) in [5, 5.41) is 6.25. The lowest BCUT2D eigenvalue weighted by Crippen LogP contribution is -2.57. The first-order valence-electron chi connectivity index (χ1n) is 6.97. The summed E-state index contributed by atoms with van der Waals surface area (Å²) in [5.41, 5.74) is 0. The Bertz CT molecular complexity index is 251. The van der Waals surface area contributed by atoms with Crippen LogP contribution in [0.1, 0.15) is 38.5 Å². The Kier molecular flexibility index (Phi) is 4.80. The van der Waals surface area contributed by atoms with Gasteiger partial charge in [0.15, 0.2) is 0 Å². The van der Waals surface area contributed by atoms with Gasteiger partial charge in [-0.3, -0.25) is 9.69 Å². The number of carbonyl (C=O) groups excluding carboxylic acids is 1. The molecule has 0 bridgehead atoms. The number of amides is 1. The molecule has 0 aromatic rings. The third-order valence-electron chi connectivity index (χ3n) is 4.00. The van der Waals surface area contributed by atoms with E-state index in [1.807, 2.05) is 7.05 Å². The molecule has 0 spiro atoms. The van der Waals surface area contributed by atoms with Gasteiger partial charge in [-0.25, -0.2) is 0 Å². The fraction of sp³-hybridized carbons (Fsp3) is 0.923. The standard InChI is InChI=1S/C13H25N3O/c1-14-8-7-11-9-16(10-13(17)15-11)12-5-3-2-4-6-12/h11-12,14H,2-10H2,1H3,(H,15,17). The first-order chi connectivity index (χ1) is 8.29. The van der Waals surface area contributed by atoms with Crippen molar-refractivity contribution in [1.82, 2.24) is 15.5 Å². The Labute approximate surface area is 104 Å². The van der Waals surface area contributed by atoms with Gasteiger partial charge in [0.05, 0.1) is 6.54 Å². The van der Waals surface area contributed by atoms with Crippen molar-refractivity contribution in [2.45, 2.75) is 50.6 Å². The molecule has 1 saturated carbocycles. The van der Waals surface area contributed by atoms with Gasteiger partial charge in [0, 0.05) is 18.6 Å². The summed E-state index contributed by atoms with van der Waals surface area (Å²) in [5.74, 6) is 0.211. The molecule has 2 aliphatic rings. The van der Waals surface area contributed by atoms with E-state index < -0.39 is 0 Å². The van der Waals surface area contributed by atoms with Gasteiger partial charge < -0.3 is 10.6 Å². The minimum absolute atomic E-state index is 0.211. The number of hydrogen-bond acceptors (Lipinski definition) is 3. The van der Waals surface area contributed by atoms with Crippen LogP contribution in [0.15, 0.2) is 0 Å². The van der Waals surface area contributed by atoms with Gasteiger partial charge in [0.25, 0.3) is 0 Å². The van der Waals surface area contributed by atoms with Crippen LogP contribution in [0, 0.1) is 0 Å². The van der Waals surface area contributed by atoms with Gasteiger partial charge >= 0.3 is 0 Å². The second-order valence-corrected chi connectivity index (χ2v) is 5.38. The van der Waals surface area contributed by atoms with Gasteiger partial charge in [-0.2, -0.15) is 0 Å². The van der Waals surface area contributed by atoms with Gasteiger partial charge in [0.2, 0.25) is 5.91 Å². The van der Waals surface area contributed by atoms with Crippen molar-refractivity contribution < 1.29 is 4.79 Å². The molecule has 2 fully saturated rings. The molecular weight excluding hydrogens is 214 g/mol. The van der Waals surface area contributed by atoms with Crippen molar-refractivity contribution in [1.29, 1.82) is 0 Å². The average Bonchev–Trinajstić information content (AvgIpc) is 2.37. The first kappa shape index (κ1) is 12.8. The molecule has 2 rings (SSSR count). The van der Waals surface area contributed by atoms with E-state index in [1.165, 1.54) is 32.1 Å². The maximum Gasteiger partial charge on any atom is 0.234 e. The first-order valence-corrected chi connectivity index (χ1v) is 6.97. The highest BCUT2D eigenvalue weighted by molar-refractivity contribution is 5.79. The topological polar surface area (TPSA) is 44.4 Å². The predicted octanol–water partition coefficient (Wildman–Crippen LogP) is 0.729. The highest BCUT2D eigenvalue weighted by Crippen LogP contribution is 2.23. The van der Waals surface area contributed by atoms with E-state index in [2.05, 4.69) is 15.5 Å². The fourth-order valence-corrected chi connectivity index (χ4v) is 3.06. The molecule has 0 aromatic heterocycles. The van der Waals surface area contributed by atoms with Crippen molar-refractivity contribution in [2.24, 2.45) is 0 Å². The van der Waals surface area contributed by atoms with Crippen LogP contribution in [0.2, 0.25) is 0 Å². The normalized spacial score (nSPS) is 28.1. The zero-order valence-electron chi connectivity index (χ0n) is 10.9. The van der Waals surface area contributed by atoms with Crippen molar-refractivity contribution >= 4 is 5.91 Å². The Morgan fingerprint density at radius 2 is 2.12 bits per heavy atom. The van der Waals surface area contributed by atoms with Gasteiger partial charge in [0.1, 0.15) is 0 Å². The molecule has 0 radical (unpaired) electrons. The van der Waals surface area contributed by atoms with E-state index in [4.69, 9.17) is 0 Å². The third-order valence-corrected chi connectivity index (χ3v) is 4.00. The minimum Gasteiger partial charge on any atom is -0.351 e. The zero-order chi connectivity index (χ0) is 12.1. The molecule has 4 nitrogen and oxygen atoms in total. The molecule has 1 aliphatic heterocycles. The fourth-order valence-electron chi connectivity index (χ4n) is 3.06. The van der Waals surface area contributed by atoms with E-state index in [9.17, 15) is 4.79 Å². The lowest BCUT2D eigenvalue weighted by molar-refractivity contribution is -0.126. The summed E-state index contributed by atoms with van der Waals surface area (Å²) in [4.78, 5) is 14.1. The molecule has 17 heavy (non-hydrogen) atoms. The molecule has 98 valence electrons. The quantitative estimate of drug-likeness (QED) is 0.760. The molecule has 1 aliphatic carbocycles. The minimum atomic E-state index is 0.211. The SMILES string of the molecule is CNCCC1CN(C2CCCCC2)CC(=O)N1. The predicted molar refractivity (Wildman–Crippen MR) is 68.9 cm³/mol. The molecule has 4 heteroatoms. The highest BCUT2D eigenvalue weighted by atomic mass is 16.2. The number of nitrogens with zero attached hydrogens (tertiary/aromatic N) is 1. The third kappa shape index (κ3) is 3.68. The van der Waals surface area contributed by atoms with E-state index >= 15 is 0 Å². The van der Waals surface area contributed by atoms with E-state index in [-0.39, 0.29) is 5.91 Å². The average molecular weight is 239 g/mol. The maximum atomic E-state index is 11.7. The monoisotopic (exact) mass is 239 g/mol. The summed E-state index contributed by atoms with van der Waals surface area (Å²) in [6.45, 7) is 2.63. The van der Waals surface area contributed by atoms with Crippen molar-refractivity contribution in [3.8, 4) is 0 Å². The second-order valence-electron chi connectivity index (χ2n) is 5.38. The summed E-state index contributed by atoms with van der Waals surface area (Å²) in [7, 11) is 1.96. The number of rotatable bonds is 4. The summed E-state index contributed by atoms with van der Waals surface area (Å²) in [6.07, 6.45) is 7.65. The zero-order valence-corrected chi connectivity index (χ0v) is 10.9. The van der Waals surface area contributed by atoms with E-state index in [1.54, 1.807) is 0 Å². The Morgan fingerprint density at radius 1 is 1.35 bits per heavy atom. The smallest absolute Gasteiger partial charge is 0.234 e. The van der Waals surface area contributed by atoms with Gasteiger partial charge in [-0.05, 0) is 32.9 Å². The number of carbonyl (C=O) groups is 1. The molecule has 2 N–H and O–H groups in total. The van der Waals surface area contributed by atoms with Crippen LogP contribution < -0.4 is 10.6 Å². The highest BCUT2D eigenvalue weighted by Gasteiger charge is 2.29. The molecule has 1 atom stereocenters. The number of hydrogen-bond donors (Lipinski definition) is 2. The summed E-state index contributed by atoms with van der Waals surface area (Å²) < 4.78 is 0. The largest absolute Gasteiger partial charge is 0.351 e. The Hall–Kier alpha value is -0.610. The molecule has 1 unspecified atom stereocenters. The Balaban J connectivity index is 1.86. The van der Waals surface area contributed by atoms with Crippen LogP contribution in [0.3, 0.4) is 0 Å². The van der Waals surface area contributed by atoms with Crippen LogP contribution in [-0.2, 0) is 4.79 Å². The van der Waals surface area contributed by atoms with E-state index in [0.717, 1.165) is 19.5 Å². The van der Waals surface area contributed by atoms with Crippen LogP contribution in [-0.4, -0.2) is 49.6 Å². The second kappa shape index (κ2) is 6.36. The lowest BCUT2D eigenvalue weighted by atomic mass is 9.93. The van der Waals surface area contributed by atoms with Crippen molar-refractivity contribution in [3.05, 3.63) is 0 Å². The van der Waals surface area contributed by atoms with Crippen LogP contribution in [0.5, 0.6) is 0 Å². The maximum absolute atomic E-state index is 11.7. The van der Waals surface area contributed by atoms with Crippen molar-refractivity contribution in [3.63, 3.8) is 0 Å². The molecule has 1 amide bonds. The molecule has 1 saturated heterocycles. The lowest BCUT2D eigenvalue weighted by Gasteiger charge is -2.39. The molecular formula is C13H25N3O. The van der Waals surface area contributed by atoms with Crippen LogP contribution in [0.4, 0.5) is 0 Å². The molecule has 0 aromatic carbocycles. The van der Waals surface area contributed by atoms with Crippen LogP contribution in [0.25, 0.3) is 0 Å². The summed E-state index contributed by atoms with van der Waals surface area (Å²) in [6, 6.07) is 0.998. The van der Waals surface area contributed by atoms with Gasteiger partial charge in [-0.15, -0.1) is 0 Å². The van der Waals surface area contributed by atoms with Crippen molar-refractivity contribution in [2.75, 3.05) is 26.7 Å². The summed E-state index contributed by atoms with van der Waals surface area (Å²) >= 11 is 0. The Morgan fingerprint density at radius 3 is 2.82 bits per heavy atom.